The van der Waals surface area contributed by atoms with Gasteiger partial charge in [0, 0.05) is 30.6 Å². The Labute approximate surface area is 170 Å². The molecule has 3 rings (SSSR count). The first-order valence-electron chi connectivity index (χ1n) is 9.71. The van der Waals surface area contributed by atoms with E-state index in [9.17, 15) is 9.35 Å². The first-order chi connectivity index (χ1) is 12.9. The van der Waals surface area contributed by atoms with Crippen molar-refractivity contribution in [2.24, 2.45) is 7.05 Å². The Morgan fingerprint density at radius 2 is 2.07 bits per heavy atom. The van der Waals surface area contributed by atoms with Crippen LogP contribution in [0.1, 0.15) is 64.0 Å². The monoisotopic (exact) mass is 405 g/mol. The fourth-order valence-electron chi connectivity index (χ4n) is 3.67. The van der Waals surface area contributed by atoms with Crippen LogP contribution in [0.15, 0.2) is 16.9 Å². The Hall–Kier alpha value is -1.41. The Morgan fingerprint density at radius 1 is 1.39 bits per heavy atom. The normalized spacial score (nSPS) is 22.6. The number of aromatic nitrogens is 2. The quantitative estimate of drug-likeness (QED) is 0.791. The number of nitrogens with zero attached hydrogens (tertiary/aromatic N) is 2. The average molecular weight is 406 g/mol. The van der Waals surface area contributed by atoms with Crippen LogP contribution in [0.3, 0.4) is 0 Å². The Kier molecular flexibility index (Phi) is 5.66. The van der Waals surface area contributed by atoms with Crippen molar-refractivity contribution in [3.8, 4) is 0 Å². The van der Waals surface area contributed by atoms with E-state index in [4.69, 9.17) is 9.72 Å². The summed E-state index contributed by atoms with van der Waals surface area (Å²) in [6.07, 6.45) is 0.835. The summed E-state index contributed by atoms with van der Waals surface area (Å²) >= 11 is -1.22. The SMILES string of the molecule is Cc1cc([C@@H](C)N[S@+]([O-])C(C)(C)C)c2nc(C3(C)CCOC3)n(C)c(=O)c2c1. The molecule has 1 aliphatic heterocycles. The molecule has 0 bridgehead atoms. The molecular formula is C21H31N3O3S. The van der Waals surface area contributed by atoms with Crippen LogP contribution in [0.5, 0.6) is 0 Å². The van der Waals surface area contributed by atoms with Gasteiger partial charge in [-0.15, -0.1) is 4.72 Å². The summed E-state index contributed by atoms with van der Waals surface area (Å²) in [6, 6.07) is 3.71. The van der Waals surface area contributed by atoms with Crippen molar-refractivity contribution in [1.29, 1.82) is 0 Å². The van der Waals surface area contributed by atoms with E-state index in [1.54, 1.807) is 11.6 Å². The van der Waals surface area contributed by atoms with Gasteiger partial charge >= 0.3 is 0 Å². The zero-order valence-corrected chi connectivity index (χ0v) is 18.7. The van der Waals surface area contributed by atoms with Crippen molar-refractivity contribution in [2.75, 3.05) is 13.2 Å². The van der Waals surface area contributed by atoms with Crippen LogP contribution in [0.4, 0.5) is 0 Å². The lowest BCUT2D eigenvalue weighted by Crippen LogP contribution is -2.40. The maximum atomic E-state index is 13.2. The number of hydrogen-bond donors (Lipinski definition) is 1. The average Bonchev–Trinajstić information content (AvgIpc) is 3.04. The molecule has 0 radical (unpaired) electrons. The Balaban J connectivity index is 2.18. The van der Waals surface area contributed by atoms with Crippen LogP contribution in [0.2, 0.25) is 0 Å². The molecule has 2 heterocycles. The van der Waals surface area contributed by atoms with Crippen LogP contribution in [-0.4, -0.2) is 32.1 Å². The lowest BCUT2D eigenvalue weighted by atomic mass is 9.88. The number of aryl methyl sites for hydroxylation is 1. The van der Waals surface area contributed by atoms with Gasteiger partial charge in [0.2, 0.25) is 0 Å². The predicted octanol–water partition coefficient (Wildman–Crippen LogP) is 3.03. The van der Waals surface area contributed by atoms with Crippen LogP contribution >= 0.6 is 0 Å². The van der Waals surface area contributed by atoms with Gasteiger partial charge in [0.15, 0.2) is 0 Å². The number of fused-ring (bicyclic) bond motifs is 1. The van der Waals surface area contributed by atoms with E-state index in [1.165, 1.54) is 0 Å². The summed E-state index contributed by atoms with van der Waals surface area (Å²) in [6.45, 7) is 13.1. The second kappa shape index (κ2) is 7.44. The maximum absolute atomic E-state index is 13.2. The summed E-state index contributed by atoms with van der Waals surface area (Å²) in [4.78, 5) is 18.1. The topological polar surface area (TPSA) is 79.2 Å². The molecule has 1 saturated heterocycles. The molecule has 6 nitrogen and oxygen atoms in total. The van der Waals surface area contributed by atoms with Gasteiger partial charge in [0.05, 0.1) is 29.0 Å². The molecule has 154 valence electrons. The fourth-order valence-corrected chi connectivity index (χ4v) is 4.47. The molecule has 0 aliphatic carbocycles. The largest absolute Gasteiger partial charge is 0.598 e. The second-order valence-corrected chi connectivity index (χ2v) is 11.1. The van der Waals surface area contributed by atoms with Gasteiger partial charge in [-0.3, -0.25) is 9.36 Å². The van der Waals surface area contributed by atoms with Crippen LogP contribution in [0, 0.1) is 6.92 Å². The summed E-state index contributed by atoms with van der Waals surface area (Å²) in [5.41, 5.74) is 2.23. The minimum absolute atomic E-state index is 0.0535. The number of rotatable bonds is 4. The van der Waals surface area contributed by atoms with Crippen molar-refractivity contribution in [2.45, 2.75) is 64.2 Å². The zero-order valence-electron chi connectivity index (χ0n) is 17.9. The number of benzene rings is 1. The third-order valence-corrected chi connectivity index (χ3v) is 7.10. The molecule has 0 amide bonds. The fraction of sp³-hybridized carbons (Fsp3) is 0.619. The molecule has 1 aromatic heterocycles. The molecule has 2 aromatic rings. The maximum Gasteiger partial charge on any atom is 0.261 e. The Morgan fingerprint density at radius 3 is 2.64 bits per heavy atom. The van der Waals surface area contributed by atoms with E-state index in [0.717, 1.165) is 23.4 Å². The van der Waals surface area contributed by atoms with Crippen molar-refractivity contribution in [1.82, 2.24) is 14.3 Å². The summed E-state index contributed by atoms with van der Waals surface area (Å²) in [7, 11) is 1.78. The van der Waals surface area contributed by atoms with Gasteiger partial charge in [-0.05, 0) is 52.7 Å². The van der Waals surface area contributed by atoms with Gasteiger partial charge in [-0.1, -0.05) is 13.0 Å². The molecule has 1 aliphatic rings. The lowest BCUT2D eigenvalue weighted by Gasteiger charge is -2.28. The van der Waals surface area contributed by atoms with Crippen LogP contribution in [0.25, 0.3) is 10.9 Å². The molecule has 1 aromatic carbocycles. The highest BCUT2D eigenvalue weighted by Crippen LogP contribution is 2.33. The second-order valence-electron chi connectivity index (χ2n) is 9.13. The van der Waals surface area contributed by atoms with Crippen molar-refractivity contribution in [3.63, 3.8) is 0 Å². The molecule has 1 N–H and O–H groups in total. The van der Waals surface area contributed by atoms with E-state index in [2.05, 4.69) is 11.6 Å². The van der Waals surface area contributed by atoms with Gasteiger partial charge in [0.25, 0.3) is 5.56 Å². The minimum Gasteiger partial charge on any atom is -0.598 e. The van der Waals surface area contributed by atoms with E-state index in [-0.39, 0.29) is 21.8 Å². The highest BCUT2D eigenvalue weighted by Gasteiger charge is 2.36. The lowest BCUT2D eigenvalue weighted by molar-refractivity contribution is 0.178. The number of hydrogen-bond acceptors (Lipinski definition) is 5. The van der Waals surface area contributed by atoms with Crippen molar-refractivity contribution < 1.29 is 9.29 Å². The van der Waals surface area contributed by atoms with Crippen molar-refractivity contribution >= 4 is 22.3 Å². The van der Waals surface area contributed by atoms with E-state index < -0.39 is 11.4 Å². The van der Waals surface area contributed by atoms with Gasteiger partial charge in [-0.2, -0.15) is 0 Å². The molecule has 1 unspecified atom stereocenters. The summed E-state index contributed by atoms with van der Waals surface area (Å²) in [5, 5.41) is 0.596. The van der Waals surface area contributed by atoms with Crippen LogP contribution < -0.4 is 10.3 Å². The highest BCUT2D eigenvalue weighted by atomic mass is 32.2. The third-order valence-electron chi connectivity index (χ3n) is 5.42. The third kappa shape index (κ3) is 3.85. The molecule has 1 fully saturated rings. The summed E-state index contributed by atoms with van der Waals surface area (Å²) in [5.74, 6) is 0.747. The van der Waals surface area contributed by atoms with Gasteiger partial charge in [-0.25, -0.2) is 4.98 Å². The Bertz CT molecular complexity index is 943. The molecule has 0 spiro atoms. The first kappa shape index (κ1) is 21.3. The molecule has 7 heteroatoms. The smallest absolute Gasteiger partial charge is 0.261 e. The van der Waals surface area contributed by atoms with Crippen LogP contribution in [-0.2, 0) is 28.6 Å². The highest BCUT2D eigenvalue weighted by molar-refractivity contribution is 7.90. The predicted molar refractivity (Wildman–Crippen MR) is 114 cm³/mol. The molecule has 28 heavy (non-hydrogen) atoms. The molecule has 3 atom stereocenters. The van der Waals surface area contributed by atoms with Gasteiger partial charge in [0.1, 0.15) is 10.6 Å². The van der Waals surface area contributed by atoms with Gasteiger partial charge < -0.3 is 9.29 Å². The zero-order chi connectivity index (χ0) is 20.9. The molecular weight excluding hydrogens is 374 g/mol. The van der Waals surface area contributed by atoms with E-state index in [1.807, 2.05) is 46.8 Å². The van der Waals surface area contributed by atoms with E-state index >= 15 is 0 Å². The minimum atomic E-state index is -1.22. The standard InChI is InChI=1S/C21H31N3O3S/c1-13-10-15(14(2)23-28(26)20(3,4)5)17-16(11-13)18(25)24(7)19(22-17)21(6)8-9-27-12-21/h10-11,14,23H,8-9,12H2,1-7H3/t14-,21?,28-/m1/s1. The first-order valence-corrected chi connectivity index (χ1v) is 10.9. The number of ether oxygens (including phenoxy) is 1. The van der Waals surface area contributed by atoms with Crippen molar-refractivity contribution in [3.05, 3.63) is 39.4 Å². The summed E-state index contributed by atoms with van der Waals surface area (Å²) < 4.78 is 22.7. The number of nitrogens with one attached hydrogen (secondary N) is 1. The van der Waals surface area contributed by atoms with E-state index in [0.29, 0.717) is 24.1 Å². The molecule has 0 saturated carbocycles.